The van der Waals surface area contributed by atoms with Gasteiger partial charge in [0.1, 0.15) is 11.4 Å². The van der Waals surface area contributed by atoms with E-state index in [1.165, 1.54) is 0 Å². The predicted octanol–water partition coefficient (Wildman–Crippen LogP) is 2.09. The van der Waals surface area contributed by atoms with Crippen LogP contribution in [0.2, 0.25) is 0 Å². The minimum atomic E-state index is -0.306. The van der Waals surface area contributed by atoms with E-state index in [0.29, 0.717) is 17.4 Å². The van der Waals surface area contributed by atoms with Gasteiger partial charge in [-0.15, -0.1) is 0 Å². The minimum absolute atomic E-state index is 0.306. The van der Waals surface area contributed by atoms with E-state index in [0.717, 1.165) is 15.8 Å². The fourth-order valence-corrected chi connectivity index (χ4v) is 2.12. The van der Waals surface area contributed by atoms with E-state index in [1.807, 2.05) is 24.3 Å². The Bertz CT molecular complexity index is 657. The van der Waals surface area contributed by atoms with Gasteiger partial charge < -0.3 is 15.0 Å². The van der Waals surface area contributed by atoms with Gasteiger partial charge in [-0.3, -0.25) is 15.6 Å². The number of hydrazine groups is 1. The first-order valence-corrected chi connectivity index (χ1v) is 7.59. The Morgan fingerprint density at radius 2 is 2.05 bits per heavy atom. The number of hydrogen-bond donors (Lipinski definition) is 4. The fourth-order valence-electron chi connectivity index (χ4n) is 1.65. The van der Waals surface area contributed by atoms with Crippen molar-refractivity contribution < 1.29 is 9.53 Å². The third-order valence-corrected chi connectivity index (χ3v) is 3.50. The number of halogens is 1. The second-order valence-electron chi connectivity index (χ2n) is 4.34. The predicted molar refractivity (Wildman–Crippen MR) is 91.5 cm³/mol. The molecule has 0 unspecified atom stereocenters. The monoisotopic (exact) mass is 382 g/mol. The van der Waals surface area contributed by atoms with Crippen molar-refractivity contribution in [2.24, 2.45) is 0 Å². The third-order valence-electron chi connectivity index (χ3n) is 2.79. The minimum Gasteiger partial charge on any atom is -0.497 e. The maximum absolute atomic E-state index is 11.8. The molecule has 0 saturated carbocycles. The number of methoxy groups -OCH3 is 1. The standard InChI is InChI=1S/C14H15BrN4O2S/c1-21-11-4-2-9(3-5-11)7-17-14(22)19-18-13(20)12-6-10(15)8-16-12/h2-6,8,16H,7H2,1H3,(H,18,20)(H2,17,19,22). The lowest BCUT2D eigenvalue weighted by Crippen LogP contribution is -2.46. The lowest BCUT2D eigenvalue weighted by Gasteiger charge is -2.11. The van der Waals surface area contributed by atoms with Gasteiger partial charge in [0.2, 0.25) is 0 Å². The van der Waals surface area contributed by atoms with Crippen molar-refractivity contribution in [3.63, 3.8) is 0 Å². The van der Waals surface area contributed by atoms with Crippen LogP contribution in [0.3, 0.4) is 0 Å². The van der Waals surface area contributed by atoms with Gasteiger partial charge in [0.15, 0.2) is 5.11 Å². The van der Waals surface area contributed by atoms with Crippen molar-refractivity contribution in [3.8, 4) is 5.75 Å². The second kappa shape index (κ2) is 7.81. The number of aromatic nitrogens is 1. The zero-order chi connectivity index (χ0) is 15.9. The Morgan fingerprint density at radius 1 is 1.32 bits per heavy atom. The Labute approximate surface area is 141 Å². The molecule has 0 aliphatic rings. The summed E-state index contributed by atoms with van der Waals surface area (Å²) in [5.41, 5.74) is 6.62. The number of carbonyl (C=O) groups is 1. The van der Waals surface area contributed by atoms with E-state index < -0.39 is 0 Å². The molecule has 0 atom stereocenters. The quantitative estimate of drug-likeness (QED) is 0.481. The summed E-state index contributed by atoms with van der Waals surface area (Å²) in [5.74, 6) is 0.494. The third kappa shape index (κ3) is 4.74. The summed E-state index contributed by atoms with van der Waals surface area (Å²) in [5, 5.41) is 3.32. The van der Waals surface area contributed by atoms with Crippen molar-refractivity contribution in [2.75, 3.05) is 7.11 Å². The van der Waals surface area contributed by atoms with Gasteiger partial charge in [-0.1, -0.05) is 12.1 Å². The van der Waals surface area contributed by atoms with Crippen LogP contribution in [0.5, 0.6) is 5.75 Å². The van der Waals surface area contributed by atoms with Crippen molar-refractivity contribution >= 4 is 39.2 Å². The van der Waals surface area contributed by atoms with Crippen LogP contribution in [-0.4, -0.2) is 23.1 Å². The molecule has 1 aromatic carbocycles. The van der Waals surface area contributed by atoms with E-state index in [2.05, 4.69) is 37.1 Å². The number of H-pyrrole nitrogens is 1. The summed E-state index contributed by atoms with van der Waals surface area (Å²) in [6.07, 6.45) is 1.68. The molecule has 0 aliphatic heterocycles. The average molecular weight is 383 g/mol. The Morgan fingerprint density at radius 3 is 2.64 bits per heavy atom. The van der Waals surface area contributed by atoms with Gasteiger partial charge in [-0.2, -0.15) is 0 Å². The van der Waals surface area contributed by atoms with Crippen LogP contribution < -0.4 is 20.9 Å². The zero-order valence-corrected chi connectivity index (χ0v) is 14.2. The van der Waals surface area contributed by atoms with E-state index in [9.17, 15) is 4.79 Å². The van der Waals surface area contributed by atoms with Crippen molar-refractivity contribution in [3.05, 3.63) is 52.3 Å². The Hall–Kier alpha value is -2.06. The van der Waals surface area contributed by atoms with Crippen LogP contribution in [0.25, 0.3) is 0 Å². The molecule has 0 saturated heterocycles. The van der Waals surface area contributed by atoms with Gasteiger partial charge in [0, 0.05) is 17.2 Å². The van der Waals surface area contributed by atoms with Gasteiger partial charge in [-0.05, 0) is 51.9 Å². The van der Waals surface area contributed by atoms with Gasteiger partial charge in [0.25, 0.3) is 5.91 Å². The summed E-state index contributed by atoms with van der Waals surface area (Å²) >= 11 is 8.36. The van der Waals surface area contributed by atoms with Gasteiger partial charge >= 0.3 is 0 Å². The molecule has 2 aromatic rings. The maximum atomic E-state index is 11.8. The topological polar surface area (TPSA) is 78.2 Å². The summed E-state index contributed by atoms with van der Waals surface area (Å²) < 4.78 is 5.89. The molecule has 1 heterocycles. The Balaban J connectivity index is 1.74. The number of carbonyl (C=O) groups excluding carboxylic acids is 1. The van der Waals surface area contributed by atoms with Crippen LogP contribution in [0.15, 0.2) is 41.0 Å². The molecule has 1 amide bonds. The largest absolute Gasteiger partial charge is 0.497 e. The van der Waals surface area contributed by atoms with Crippen LogP contribution in [0, 0.1) is 0 Å². The number of benzene rings is 1. The zero-order valence-electron chi connectivity index (χ0n) is 11.8. The highest BCUT2D eigenvalue weighted by Gasteiger charge is 2.07. The summed E-state index contributed by atoms with van der Waals surface area (Å²) in [6.45, 7) is 0.541. The summed E-state index contributed by atoms with van der Waals surface area (Å²) in [6, 6.07) is 9.29. The number of aromatic amines is 1. The lowest BCUT2D eigenvalue weighted by molar-refractivity contribution is 0.0939. The van der Waals surface area contributed by atoms with Crippen molar-refractivity contribution in [2.45, 2.75) is 6.54 Å². The second-order valence-corrected chi connectivity index (χ2v) is 5.67. The molecule has 116 valence electrons. The molecule has 0 spiro atoms. The molecule has 0 fully saturated rings. The molecule has 1 aromatic heterocycles. The number of thiocarbonyl (C=S) groups is 1. The van der Waals surface area contributed by atoms with E-state index in [4.69, 9.17) is 17.0 Å². The van der Waals surface area contributed by atoms with Gasteiger partial charge in [-0.25, -0.2) is 0 Å². The molecule has 22 heavy (non-hydrogen) atoms. The van der Waals surface area contributed by atoms with Crippen LogP contribution in [0.1, 0.15) is 16.1 Å². The van der Waals surface area contributed by atoms with Crippen LogP contribution in [0.4, 0.5) is 0 Å². The molecule has 6 nitrogen and oxygen atoms in total. The average Bonchev–Trinajstić information content (AvgIpc) is 2.97. The molecule has 4 N–H and O–H groups in total. The first kappa shape index (κ1) is 16.3. The SMILES string of the molecule is COc1ccc(CNC(=S)NNC(=O)c2cc(Br)c[nH]2)cc1. The number of hydrogen-bond acceptors (Lipinski definition) is 3. The highest BCUT2D eigenvalue weighted by atomic mass is 79.9. The smallest absolute Gasteiger partial charge is 0.286 e. The van der Waals surface area contributed by atoms with E-state index in [-0.39, 0.29) is 5.91 Å². The highest BCUT2D eigenvalue weighted by molar-refractivity contribution is 9.10. The van der Waals surface area contributed by atoms with E-state index in [1.54, 1.807) is 19.4 Å². The van der Waals surface area contributed by atoms with E-state index >= 15 is 0 Å². The molecule has 0 radical (unpaired) electrons. The molecule has 0 bridgehead atoms. The molecule has 8 heteroatoms. The normalized spacial score (nSPS) is 9.91. The Kier molecular flexibility index (Phi) is 5.79. The molecular formula is C14H15BrN4O2S. The molecule has 2 rings (SSSR count). The molecular weight excluding hydrogens is 368 g/mol. The van der Waals surface area contributed by atoms with Crippen LogP contribution in [-0.2, 0) is 6.54 Å². The number of amides is 1. The van der Waals surface area contributed by atoms with Crippen LogP contribution >= 0.6 is 28.1 Å². The van der Waals surface area contributed by atoms with Crippen molar-refractivity contribution in [1.29, 1.82) is 0 Å². The number of nitrogens with one attached hydrogen (secondary N) is 4. The van der Waals surface area contributed by atoms with Crippen molar-refractivity contribution in [1.82, 2.24) is 21.2 Å². The first-order valence-electron chi connectivity index (χ1n) is 6.39. The number of ether oxygens (including phenoxy) is 1. The highest BCUT2D eigenvalue weighted by Crippen LogP contribution is 2.11. The number of rotatable bonds is 4. The summed E-state index contributed by atoms with van der Waals surface area (Å²) in [4.78, 5) is 14.6. The maximum Gasteiger partial charge on any atom is 0.286 e. The van der Waals surface area contributed by atoms with Gasteiger partial charge in [0.05, 0.1) is 7.11 Å². The molecule has 0 aliphatic carbocycles. The first-order chi connectivity index (χ1) is 10.6. The fraction of sp³-hybridized carbons (Fsp3) is 0.143. The lowest BCUT2D eigenvalue weighted by atomic mass is 10.2. The summed E-state index contributed by atoms with van der Waals surface area (Å²) in [7, 11) is 1.62.